The monoisotopic (exact) mass is 305 g/mol. The van der Waals surface area contributed by atoms with Gasteiger partial charge >= 0.3 is 6.03 Å². The van der Waals surface area contributed by atoms with Gasteiger partial charge in [0.05, 0.1) is 12.2 Å². The summed E-state index contributed by atoms with van der Waals surface area (Å²) in [5.74, 6) is 0. The van der Waals surface area contributed by atoms with Crippen molar-refractivity contribution < 1.29 is 4.79 Å². The predicted molar refractivity (Wildman–Crippen MR) is 82.4 cm³/mol. The number of H-pyrrole nitrogens is 1. The first kappa shape index (κ1) is 16.0. The molecule has 2 heterocycles. The SMILES string of the molecule is Cc1n[nH]c(C)c1CCN(C)C(=O)N[C@H](C)Cn1cncn1. The zero-order chi connectivity index (χ0) is 16.1. The molecular weight excluding hydrogens is 282 g/mol. The van der Waals surface area contributed by atoms with Crippen molar-refractivity contribution in [2.45, 2.75) is 39.8 Å². The summed E-state index contributed by atoms with van der Waals surface area (Å²) < 4.78 is 1.70. The third kappa shape index (κ3) is 4.06. The molecule has 8 nitrogen and oxygen atoms in total. The molecule has 8 heteroatoms. The van der Waals surface area contributed by atoms with Gasteiger partial charge in [0.2, 0.25) is 0 Å². The number of likely N-dealkylation sites (N-methyl/N-ethyl adjacent to an activating group) is 1. The van der Waals surface area contributed by atoms with Gasteiger partial charge in [-0.2, -0.15) is 10.2 Å². The highest BCUT2D eigenvalue weighted by Crippen LogP contribution is 2.10. The molecule has 0 fully saturated rings. The van der Waals surface area contributed by atoms with Gasteiger partial charge in [0.15, 0.2) is 0 Å². The van der Waals surface area contributed by atoms with Gasteiger partial charge in [0.1, 0.15) is 12.7 Å². The first-order chi connectivity index (χ1) is 10.5. The normalized spacial score (nSPS) is 12.2. The summed E-state index contributed by atoms with van der Waals surface area (Å²) in [4.78, 5) is 17.7. The van der Waals surface area contributed by atoms with Crippen LogP contribution in [-0.4, -0.2) is 55.5 Å². The van der Waals surface area contributed by atoms with Crippen molar-refractivity contribution in [1.82, 2.24) is 35.2 Å². The van der Waals surface area contributed by atoms with E-state index in [2.05, 4.69) is 25.6 Å². The Morgan fingerprint density at radius 2 is 2.27 bits per heavy atom. The molecular formula is C14H23N7O. The Morgan fingerprint density at radius 1 is 1.50 bits per heavy atom. The minimum atomic E-state index is -0.0913. The van der Waals surface area contributed by atoms with Crippen LogP contribution in [0.1, 0.15) is 23.9 Å². The van der Waals surface area contributed by atoms with Crippen LogP contribution in [0.5, 0.6) is 0 Å². The average Bonchev–Trinajstić information content (AvgIpc) is 3.07. The van der Waals surface area contributed by atoms with Gasteiger partial charge in [0, 0.05) is 25.3 Å². The second-order valence-electron chi connectivity index (χ2n) is 5.55. The summed E-state index contributed by atoms with van der Waals surface area (Å²) in [6.45, 7) is 7.15. The number of aryl methyl sites for hydroxylation is 2. The summed E-state index contributed by atoms with van der Waals surface area (Å²) in [5.41, 5.74) is 3.23. The van der Waals surface area contributed by atoms with Crippen molar-refractivity contribution in [2.24, 2.45) is 0 Å². The number of nitrogens with zero attached hydrogens (tertiary/aromatic N) is 5. The molecule has 2 amide bonds. The Balaban J connectivity index is 1.79. The average molecular weight is 305 g/mol. The second kappa shape index (κ2) is 7.06. The van der Waals surface area contributed by atoms with Crippen LogP contribution >= 0.6 is 0 Å². The summed E-state index contributed by atoms with van der Waals surface area (Å²) in [6, 6.07) is -0.111. The predicted octanol–water partition coefficient (Wildman–Crippen LogP) is 0.891. The van der Waals surface area contributed by atoms with Crippen LogP contribution in [0.2, 0.25) is 0 Å². The molecule has 0 aliphatic heterocycles. The number of carbonyl (C=O) groups is 1. The lowest BCUT2D eigenvalue weighted by Gasteiger charge is -2.21. The van der Waals surface area contributed by atoms with Crippen LogP contribution in [0.3, 0.4) is 0 Å². The zero-order valence-electron chi connectivity index (χ0n) is 13.5. The fourth-order valence-electron chi connectivity index (χ4n) is 2.30. The molecule has 0 saturated carbocycles. The van der Waals surface area contributed by atoms with Crippen LogP contribution in [0.15, 0.2) is 12.7 Å². The molecule has 22 heavy (non-hydrogen) atoms. The molecule has 0 aliphatic rings. The highest BCUT2D eigenvalue weighted by Gasteiger charge is 2.14. The van der Waals surface area contributed by atoms with Crippen molar-refractivity contribution >= 4 is 6.03 Å². The Hall–Kier alpha value is -2.38. The number of nitrogens with one attached hydrogen (secondary N) is 2. The van der Waals surface area contributed by atoms with E-state index in [0.29, 0.717) is 13.1 Å². The molecule has 0 aromatic carbocycles. The summed E-state index contributed by atoms with van der Waals surface area (Å²) >= 11 is 0. The van der Waals surface area contributed by atoms with Crippen LogP contribution in [0, 0.1) is 13.8 Å². The number of hydrogen-bond acceptors (Lipinski definition) is 4. The van der Waals surface area contributed by atoms with Gasteiger partial charge < -0.3 is 10.2 Å². The molecule has 0 spiro atoms. The third-order valence-electron chi connectivity index (χ3n) is 3.62. The molecule has 2 rings (SSSR count). The van der Waals surface area contributed by atoms with E-state index < -0.39 is 0 Å². The lowest BCUT2D eigenvalue weighted by Crippen LogP contribution is -2.44. The highest BCUT2D eigenvalue weighted by atomic mass is 16.2. The third-order valence-corrected chi connectivity index (χ3v) is 3.62. The zero-order valence-corrected chi connectivity index (χ0v) is 13.5. The van der Waals surface area contributed by atoms with E-state index in [0.717, 1.165) is 17.8 Å². The molecule has 0 radical (unpaired) electrons. The standard InChI is InChI=1S/C14H23N7O/c1-10(7-21-9-15-8-16-21)17-14(22)20(4)6-5-13-11(2)18-19-12(13)3/h8-10H,5-7H2,1-4H3,(H,17,22)(H,18,19)/t10-/m1/s1. The number of aromatic amines is 1. The molecule has 2 N–H and O–H groups in total. The van der Waals surface area contributed by atoms with Crippen molar-refractivity contribution in [2.75, 3.05) is 13.6 Å². The van der Waals surface area contributed by atoms with Gasteiger partial charge in [-0.05, 0) is 32.8 Å². The second-order valence-corrected chi connectivity index (χ2v) is 5.55. The number of rotatable bonds is 6. The van der Waals surface area contributed by atoms with E-state index in [1.807, 2.05) is 20.8 Å². The van der Waals surface area contributed by atoms with Gasteiger partial charge in [0.25, 0.3) is 0 Å². The molecule has 1 atom stereocenters. The van der Waals surface area contributed by atoms with E-state index in [1.54, 1.807) is 23.0 Å². The summed E-state index contributed by atoms with van der Waals surface area (Å²) in [5, 5.41) is 14.1. The molecule has 0 aliphatic carbocycles. The largest absolute Gasteiger partial charge is 0.334 e. The van der Waals surface area contributed by atoms with Gasteiger partial charge in [-0.3, -0.25) is 9.78 Å². The van der Waals surface area contributed by atoms with E-state index in [1.165, 1.54) is 11.9 Å². The van der Waals surface area contributed by atoms with Crippen molar-refractivity contribution in [1.29, 1.82) is 0 Å². The van der Waals surface area contributed by atoms with E-state index in [-0.39, 0.29) is 12.1 Å². The minimum Gasteiger partial charge on any atom is -0.334 e. The Labute approximate surface area is 129 Å². The van der Waals surface area contributed by atoms with Crippen molar-refractivity contribution in [3.8, 4) is 0 Å². The Bertz CT molecular complexity index is 585. The van der Waals surface area contributed by atoms with E-state index in [4.69, 9.17) is 0 Å². The first-order valence-electron chi connectivity index (χ1n) is 7.32. The molecule has 0 bridgehead atoms. The van der Waals surface area contributed by atoms with Crippen LogP contribution < -0.4 is 5.32 Å². The van der Waals surface area contributed by atoms with E-state index >= 15 is 0 Å². The molecule has 120 valence electrons. The molecule has 2 aromatic heterocycles. The number of carbonyl (C=O) groups excluding carboxylic acids is 1. The maximum absolute atomic E-state index is 12.2. The number of urea groups is 1. The van der Waals surface area contributed by atoms with Crippen molar-refractivity contribution in [3.63, 3.8) is 0 Å². The van der Waals surface area contributed by atoms with E-state index in [9.17, 15) is 4.79 Å². The van der Waals surface area contributed by atoms with Gasteiger partial charge in [-0.25, -0.2) is 9.78 Å². The molecule has 0 saturated heterocycles. The summed E-state index contributed by atoms with van der Waals surface area (Å²) in [7, 11) is 1.79. The van der Waals surface area contributed by atoms with Crippen LogP contribution in [0.4, 0.5) is 4.79 Å². The highest BCUT2D eigenvalue weighted by molar-refractivity contribution is 5.74. The topological polar surface area (TPSA) is 91.7 Å². The van der Waals surface area contributed by atoms with Crippen LogP contribution in [0.25, 0.3) is 0 Å². The van der Waals surface area contributed by atoms with Gasteiger partial charge in [-0.15, -0.1) is 0 Å². The van der Waals surface area contributed by atoms with Crippen LogP contribution in [-0.2, 0) is 13.0 Å². The molecule has 0 unspecified atom stereocenters. The molecule has 2 aromatic rings. The number of amides is 2. The number of aromatic nitrogens is 5. The van der Waals surface area contributed by atoms with Crippen molar-refractivity contribution in [3.05, 3.63) is 29.6 Å². The maximum Gasteiger partial charge on any atom is 0.317 e. The Kier molecular flexibility index (Phi) is 5.13. The van der Waals surface area contributed by atoms with Gasteiger partial charge in [-0.1, -0.05) is 0 Å². The lowest BCUT2D eigenvalue weighted by atomic mass is 10.1. The number of hydrogen-bond donors (Lipinski definition) is 2. The fraction of sp³-hybridized carbons (Fsp3) is 0.571. The fourth-order valence-corrected chi connectivity index (χ4v) is 2.30. The quantitative estimate of drug-likeness (QED) is 0.829. The maximum atomic E-state index is 12.2. The minimum absolute atomic E-state index is 0.0194. The first-order valence-corrected chi connectivity index (χ1v) is 7.32. The summed E-state index contributed by atoms with van der Waals surface area (Å²) in [6.07, 6.45) is 3.91. The smallest absolute Gasteiger partial charge is 0.317 e. The lowest BCUT2D eigenvalue weighted by molar-refractivity contribution is 0.204. The Morgan fingerprint density at radius 3 is 2.86 bits per heavy atom.